The third kappa shape index (κ3) is 4.26. The van der Waals surface area contributed by atoms with Crippen LogP contribution in [0.25, 0.3) is 0 Å². The maximum Gasteiger partial charge on any atom is 0.119 e. The molecule has 27 heavy (non-hydrogen) atoms. The number of nitrogens with zero attached hydrogens (tertiary/aromatic N) is 1. The summed E-state index contributed by atoms with van der Waals surface area (Å²) < 4.78 is 17.0. The van der Waals surface area contributed by atoms with E-state index in [-0.39, 0.29) is 6.10 Å². The van der Waals surface area contributed by atoms with Gasteiger partial charge in [-0.25, -0.2) is 0 Å². The number of likely N-dealkylation sites (N-methyl/N-ethyl adjacent to an activating group) is 1. The summed E-state index contributed by atoms with van der Waals surface area (Å²) in [6.45, 7) is 5.08. The van der Waals surface area contributed by atoms with Gasteiger partial charge in [0, 0.05) is 32.1 Å². The number of hydrogen-bond donors (Lipinski definition) is 1. The van der Waals surface area contributed by atoms with Gasteiger partial charge in [0.25, 0.3) is 0 Å². The normalized spacial score (nSPS) is 22.9. The average molecular weight is 368 g/mol. The molecular weight excluding hydrogens is 340 g/mol. The van der Waals surface area contributed by atoms with E-state index in [0.717, 1.165) is 44.3 Å². The second kappa shape index (κ2) is 8.30. The molecule has 0 aromatic heterocycles. The Morgan fingerprint density at radius 2 is 1.96 bits per heavy atom. The highest BCUT2D eigenvalue weighted by Gasteiger charge is 2.25. The fourth-order valence-electron chi connectivity index (χ4n) is 3.95. The quantitative estimate of drug-likeness (QED) is 0.879. The highest BCUT2D eigenvalue weighted by Crippen LogP contribution is 2.35. The molecule has 5 heteroatoms. The van der Waals surface area contributed by atoms with Crippen molar-refractivity contribution in [2.75, 3.05) is 47.0 Å². The van der Waals surface area contributed by atoms with Crippen LogP contribution >= 0.6 is 0 Å². The van der Waals surface area contributed by atoms with Crippen molar-refractivity contribution in [1.82, 2.24) is 10.2 Å². The molecule has 5 nitrogen and oxygen atoms in total. The van der Waals surface area contributed by atoms with Gasteiger partial charge < -0.3 is 24.4 Å². The van der Waals surface area contributed by atoms with E-state index >= 15 is 0 Å². The van der Waals surface area contributed by atoms with Crippen LogP contribution in [0.1, 0.15) is 22.6 Å². The number of rotatable bonds is 5. The third-order valence-corrected chi connectivity index (χ3v) is 5.38. The lowest BCUT2D eigenvalue weighted by Crippen LogP contribution is -2.41. The van der Waals surface area contributed by atoms with Crippen molar-refractivity contribution >= 4 is 0 Å². The van der Waals surface area contributed by atoms with Crippen LogP contribution in [-0.4, -0.2) is 58.0 Å². The highest BCUT2D eigenvalue weighted by atomic mass is 16.5. The van der Waals surface area contributed by atoms with Gasteiger partial charge in [0.15, 0.2) is 0 Å². The zero-order valence-corrected chi connectivity index (χ0v) is 16.1. The number of fused-ring (bicyclic) bond motifs is 1. The summed E-state index contributed by atoms with van der Waals surface area (Å²) in [6, 6.07) is 14.9. The maximum atomic E-state index is 6.02. The van der Waals surface area contributed by atoms with E-state index in [4.69, 9.17) is 14.2 Å². The Bertz CT molecular complexity index is 757. The average Bonchev–Trinajstić information content (AvgIpc) is 2.72. The molecule has 1 fully saturated rings. The van der Waals surface area contributed by atoms with Crippen LogP contribution in [0.15, 0.2) is 42.5 Å². The molecule has 1 unspecified atom stereocenters. The van der Waals surface area contributed by atoms with Crippen molar-refractivity contribution in [3.05, 3.63) is 59.2 Å². The number of methoxy groups -OCH3 is 1. The predicted molar refractivity (Wildman–Crippen MR) is 106 cm³/mol. The lowest BCUT2D eigenvalue weighted by atomic mass is 9.84. The first-order valence-corrected chi connectivity index (χ1v) is 9.63. The summed E-state index contributed by atoms with van der Waals surface area (Å²) in [6.07, 6.45) is 0.129. The zero-order valence-electron chi connectivity index (χ0n) is 16.1. The van der Waals surface area contributed by atoms with E-state index < -0.39 is 0 Å². The topological polar surface area (TPSA) is 43.0 Å². The van der Waals surface area contributed by atoms with Gasteiger partial charge >= 0.3 is 0 Å². The van der Waals surface area contributed by atoms with E-state index in [1.165, 1.54) is 16.7 Å². The first-order chi connectivity index (χ1) is 13.2. The van der Waals surface area contributed by atoms with E-state index in [9.17, 15) is 0 Å². The molecule has 4 rings (SSSR count). The number of nitrogens with one attached hydrogen (secondary N) is 1. The van der Waals surface area contributed by atoms with Gasteiger partial charge in [-0.1, -0.05) is 18.2 Å². The summed E-state index contributed by atoms with van der Waals surface area (Å²) in [5.41, 5.74) is 4.05. The van der Waals surface area contributed by atoms with E-state index in [2.05, 4.69) is 47.6 Å². The van der Waals surface area contributed by atoms with Gasteiger partial charge in [-0.15, -0.1) is 0 Å². The zero-order chi connectivity index (χ0) is 18.6. The van der Waals surface area contributed by atoms with Crippen molar-refractivity contribution in [1.29, 1.82) is 0 Å². The van der Waals surface area contributed by atoms with Crippen molar-refractivity contribution in [3.63, 3.8) is 0 Å². The van der Waals surface area contributed by atoms with Crippen LogP contribution in [0.5, 0.6) is 11.5 Å². The van der Waals surface area contributed by atoms with Crippen molar-refractivity contribution < 1.29 is 14.2 Å². The Hall–Kier alpha value is -2.08. The first-order valence-electron chi connectivity index (χ1n) is 9.63. The number of ether oxygens (including phenoxy) is 3. The van der Waals surface area contributed by atoms with Gasteiger partial charge in [-0.05, 0) is 48.0 Å². The largest absolute Gasteiger partial charge is 0.497 e. The summed E-state index contributed by atoms with van der Waals surface area (Å²) in [5.74, 6) is 2.18. The van der Waals surface area contributed by atoms with Crippen LogP contribution in [-0.2, 0) is 11.3 Å². The molecule has 0 amide bonds. The standard InChI is InChI=1S/C22H28N2O3/c1-24-13-17-11-19(27-15-20-12-23-9-10-26-20)7-8-21(17)22(14-24)16-3-5-18(25-2)6-4-16/h3-8,11,20,22-23H,9-10,12-15H2,1-2H3/t20-,22?/m1/s1. The molecule has 1 N–H and O–H groups in total. The van der Waals surface area contributed by atoms with E-state index in [1.807, 2.05) is 12.1 Å². The molecule has 2 aromatic carbocycles. The van der Waals surface area contributed by atoms with Crippen LogP contribution in [0.3, 0.4) is 0 Å². The molecule has 0 aliphatic carbocycles. The van der Waals surface area contributed by atoms with E-state index in [0.29, 0.717) is 12.5 Å². The molecule has 2 heterocycles. The minimum absolute atomic E-state index is 0.129. The lowest BCUT2D eigenvalue weighted by Gasteiger charge is -2.33. The van der Waals surface area contributed by atoms with Gasteiger partial charge in [-0.2, -0.15) is 0 Å². The summed E-state index contributed by atoms with van der Waals surface area (Å²) >= 11 is 0. The summed E-state index contributed by atoms with van der Waals surface area (Å²) in [5, 5.41) is 3.34. The van der Waals surface area contributed by atoms with Crippen LogP contribution in [0.2, 0.25) is 0 Å². The van der Waals surface area contributed by atoms with Crippen LogP contribution in [0.4, 0.5) is 0 Å². The van der Waals surface area contributed by atoms with Gasteiger partial charge in [0.2, 0.25) is 0 Å². The number of morpholine rings is 1. The fourth-order valence-corrected chi connectivity index (χ4v) is 3.95. The molecule has 0 saturated carbocycles. The monoisotopic (exact) mass is 368 g/mol. The van der Waals surface area contributed by atoms with Gasteiger partial charge in [0.05, 0.1) is 13.7 Å². The molecule has 144 valence electrons. The molecule has 0 radical (unpaired) electrons. The molecule has 2 aromatic rings. The molecule has 2 aliphatic heterocycles. The SMILES string of the molecule is COc1ccc(C2CN(C)Cc3cc(OC[C@H]4CNCCO4)ccc32)cc1. The maximum absolute atomic E-state index is 6.02. The van der Waals surface area contributed by atoms with Crippen molar-refractivity contribution in [2.45, 2.75) is 18.6 Å². The lowest BCUT2D eigenvalue weighted by molar-refractivity contribution is 0.000160. The Balaban J connectivity index is 1.51. The predicted octanol–water partition coefficient (Wildman–Crippen LogP) is 2.64. The Morgan fingerprint density at radius 3 is 2.70 bits per heavy atom. The Labute approximate surface area is 161 Å². The molecular formula is C22H28N2O3. The highest BCUT2D eigenvalue weighted by molar-refractivity contribution is 5.45. The van der Waals surface area contributed by atoms with Gasteiger partial charge in [0.1, 0.15) is 24.2 Å². The number of benzene rings is 2. The van der Waals surface area contributed by atoms with E-state index in [1.54, 1.807) is 7.11 Å². The molecule has 0 spiro atoms. The Morgan fingerprint density at radius 1 is 1.15 bits per heavy atom. The van der Waals surface area contributed by atoms with Gasteiger partial charge in [-0.3, -0.25) is 0 Å². The van der Waals surface area contributed by atoms with Crippen molar-refractivity contribution in [2.24, 2.45) is 0 Å². The summed E-state index contributed by atoms with van der Waals surface area (Å²) in [7, 11) is 3.88. The van der Waals surface area contributed by atoms with Crippen LogP contribution in [0, 0.1) is 0 Å². The molecule has 1 saturated heterocycles. The molecule has 2 aliphatic rings. The minimum Gasteiger partial charge on any atom is -0.497 e. The number of hydrogen-bond acceptors (Lipinski definition) is 5. The smallest absolute Gasteiger partial charge is 0.119 e. The second-order valence-electron chi connectivity index (χ2n) is 7.39. The molecule has 2 atom stereocenters. The van der Waals surface area contributed by atoms with Crippen molar-refractivity contribution in [3.8, 4) is 11.5 Å². The summed E-state index contributed by atoms with van der Waals surface area (Å²) in [4.78, 5) is 2.37. The molecule has 0 bridgehead atoms. The second-order valence-corrected chi connectivity index (χ2v) is 7.39. The fraction of sp³-hybridized carbons (Fsp3) is 0.455. The minimum atomic E-state index is 0.129. The first kappa shape index (κ1) is 18.3. The Kier molecular flexibility index (Phi) is 5.62. The van der Waals surface area contributed by atoms with Crippen LogP contribution < -0.4 is 14.8 Å². The third-order valence-electron chi connectivity index (χ3n) is 5.38.